The molecule has 1 aliphatic carbocycles. The zero-order chi connectivity index (χ0) is 21.4. The van der Waals surface area contributed by atoms with Crippen molar-refractivity contribution in [2.45, 2.75) is 29.4 Å². The van der Waals surface area contributed by atoms with Crippen molar-refractivity contribution >= 4 is 45.5 Å². The maximum absolute atomic E-state index is 13.7. The van der Waals surface area contributed by atoms with Crippen LogP contribution >= 0.6 is 34.4 Å². The fraction of sp³-hybridized carbons (Fsp3) is 0.200. The van der Waals surface area contributed by atoms with Gasteiger partial charge in [-0.15, -0.1) is 21.5 Å². The Hall–Kier alpha value is -2.63. The molecular formula is C20H15F2N5OS3. The highest BCUT2D eigenvalue weighted by Gasteiger charge is 2.28. The molecule has 6 nitrogen and oxygen atoms in total. The van der Waals surface area contributed by atoms with E-state index in [-0.39, 0.29) is 11.6 Å². The van der Waals surface area contributed by atoms with Gasteiger partial charge < -0.3 is 0 Å². The third-order valence-electron chi connectivity index (χ3n) is 4.84. The van der Waals surface area contributed by atoms with Crippen LogP contribution in [0.2, 0.25) is 0 Å². The number of halogens is 2. The summed E-state index contributed by atoms with van der Waals surface area (Å²) in [6.45, 7) is 0. The largest absolute Gasteiger partial charge is 0.295 e. The number of thiophene rings is 1. The monoisotopic (exact) mass is 475 g/mol. The summed E-state index contributed by atoms with van der Waals surface area (Å²) in [5, 5.41) is 17.8. The number of carbonyl (C=O) groups excluding carboxylic acids is 1. The summed E-state index contributed by atoms with van der Waals surface area (Å²) in [5.74, 6) is -1.46. The summed E-state index contributed by atoms with van der Waals surface area (Å²) in [5.41, 5.74) is 2.35. The summed E-state index contributed by atoms with van der Waals surface area (Å²) in [6.07, 6.45) is 2.30. The van der Waals surface area contributed by atoms with E-state index >= 15 is 0 Å². The first-order valence-electron chi connectivity index (χ1n) is 9.45. The summed E-state index contributed by atoms with van der Waals surface area (Å²) >= 11 is 4.55. The quantitative estimate of drug-likeness (QED) is 0.310. The molecule has 1 amide bonds. The molecule has 1 aliphatic rings. The number of aromatic nitrogens is 4. The average molecular weight is 476 g/mol. The Morgan fingerprint density at radius 2 is 2.10 bits per heavy atom. The molecule has 0 radical (unpaired) electrons. The third-order valence-corrected chi connectivity index (χ3v) is 7.92. The van der Waals surface area contributed by atoms with E-state index in [9.17, 15) is 13.6 Å². The second-order valence-electron chi connectivity index (χ2n) is 6.83. The third kappa shape index (κ3) is 4.12. The standard InChI is InChI=1S/C20H15F2N5OS3/c21-14-7-6-11(9-15(14)22)27-16-5-1-4-13(16)17(26-27)18(28)23-19-24-25-20(31-19)30-10-12-3-2-8-29-12/h2-3,6-9H,1,4-5,10H2,(H,23,24,28). The van der Waals surface area contributed by atoms with Gasteiger partial charge >= 0.3 is 0 Å². The molecule has 31 heavy (non-hydrogen) atoms. The van der Waals surface area contributed by atoms with E-state index < -0.39 is 11.6 Å². The Bertz CT molecular complexity index is 1250. The molecule has 5 rings (SSSR count). The maximum Gasteiger partial charge on any atom is 0.278 e. The van der Waals surface area contributed by atoms with Crippen molar-refractivity contribution in [2.75, 3.05) is 5.32 Å². The van der Waals surface area contributed by atoms with Crippen LogP contribution in [-0.4, -0.2) is 25.9 Å². The first-order valence-corrected chi connectivity index (χ1v) is 12.1. The van der Waals surface area contributed by atoms with Crippen molar-refractivity contribution in [1.29, 1.82) is 0 Å². The summed E-state index contributed by atoms with van der Waals surface area (Å²) in [6, 6.07) is 7.66. The Labute approximate surface area is 188 Å². The van der Waals surface area contributed by atoms with Gasteiger partial charge in [0.1, 0.15) is 0 Å². The van der Waals surface area contributed by atoms with E-state index in [1.807, 2.05) is 11.4 Å². The first-order chi connectivity index (χ1) is 15.1. The Morgan fingerprint density at radius 1 is 1.19 bits per heavy atom. The molecule has 1 N–H and O–H groups in total. The van der Waals surface area contributed by atoms with E-state index in [0.717, 1.165) is 46.3 Å². The van der Waals surface area contributed by atoms with Crippen LogP contribution in [0, 0.1) is 11.6 Å². The van der Waals surface area contributed by atoms with Crippen LogP contribution in [0.3, 0.4) is 0 Å². The van der Waals surface area contributed by atoms with Crippen LogP contribution in [0.1, 0.15) is 33.0 Å². The van der Waals surface area contributed by atoms with Gasteiger partial charge in [-0.3, -0.25) is 10.1 Å². The minimum absolute atomic E-state index is 0.278. The van der Waals surface area contributed by atoms with E-state index in [4.69, 9.17) is 0 Å². The topological polar surface area (TPSA) is 72.7 Å². The lowest BCUT2D eigenvalue weighted by molar-refractivity contribution is 0.102. The van der Waals surface area contributed by atoms with Crippen LogP contribution in [0.25, 0.3) is 5.69 Å². The molecule has 11 heteroatoms. The predicted molar refractivity (Wildman–Crippen MR) is 117 cm³/mol. The fourth-order valence-electron chi connectivity index (χ4n) is 3.45. The number of nitrogens with one attached hydrogen (secondary N) is 1. The average Bonchev–Trinajstić information content (AvgIpc) is 3.53. The number of rotatable bonds is 6. The molecule has 1 aromatic carbocycles. The number of anilines is 1. The zero-order valence-corrected chi connectivity index (χ0v) is 18.4. The van der Waals surface area contributed by atoms with Gasteiger partial charge in [0.25, 0.3) is 5.91 Å². The molecule has 0 bridgehead atoms. The highest BCUT2D eigenvalue weighted by atomic mass is 32.2. The Balaban J connectivity index is 1.35. The Kier molecular flexibility index (Phi) is 5.55. The normalized spacial score (nSPS) is 12.8. The predicted octanol–water partition coefficient (Wildman–Crippen LogP) is 5.10. The molecule has 0 saturated heterocycles. The molecule has 0 atom stereocenters. The zero-order valence-electron chi connectivity index (χ0n) is 16.0. The maximum atomic E-state index is 13.7. The highest BCUT2D eigenvalue weighted by molar-refractivity contribution is 8.00. The van der Waals surface area contributed by atoms with E-state index in [0.29, 0.717) is 17.2 Å². The second-order valence-corrected chi connectivity index (χ2v) is 10.1. The second kappa shape index (κ2) is 8.48. The van der Waals surface area contributed by atoms with Gasteiger partial charge in [0.05, 0.1) is 5.69 Å². The van der Waals surface area contributed by atoms with Crippen molar-refractivity contribution in [3.05, 3.63) is 69.2 Å². The summed E-state index contributed by atoms with van der Waals surface area (Å²) in [4.78, 5) is 14.1. The van der Waals surface area contributed by atoms with Gasteiger partial charge in [-0.05, 0) is 42.8 Å². The molecule has 4 aromatic rings. The smallest absolute Gasteiger partial charge is 0.278 e. The van der Waals surface area contributed by atoms with Crippen LogP contribution < -0.4 is 5.32 Å². The molecule has 0 unspecified atom stereocenters. The minimum Gasteiger partial charge on any atom is -0.295 e. The number of hydrogen-bond donors (Lipinski definition) is 1. The van der Waals surface area contributed by atoms with Crippen molar-refractivity contribution in [3.63, 3.8) is 0 Å². The van der Waals surface area contributed by atoms with Crippen molar-refractivity contribution in [3.8, 4) is 5.69 Å². The molecule has 158 valence electrons. The number of hydrogen-bond acceptors (Lipinski definition) is 7. The van der Waals surface area contributed by atoms with Crippen LogP contribution in [0.15, 0.2) is 40.1 Å². The lowest BCUT2D eigenvalue weighted by Gasteiger charge is -2.05. The molecule has 0 aliphatic heterocycles. The Morgan fingerprint density at radius 3 is 2.90 bits per heavy atom. The van der Waals surface area contributed by atoms with E-state index in [1.165, 1.54) is 27.0 Å². The van der Waals surface area contributed by atoms with Crippen molar-refractivity contribution < 1.29 is 13.6 Å². The molecule has 3 heterocycles. The van der Waals surface area contributed by atoms with Crippen molar-refractivity contribution in [2.24, 2.45) is 0 Å². The minimum atomic E-state index is -0.952. The number of fused-ring (bicyclic) bond motifs is 1. The SMILES string of the molecule is O=C(Nc1nnc(SCc2cccs2)s1)c1nn(-c2ccc(F)c(F)c2)c2c1CCC2. The lowest BCUT2D eigenvalue weighted by atomic mass is 10.2. The number of benzene rings is 1. The number of thioether (sulfide) groups is 1. The van der Waals surface area contributed by atoms with Crippen LogP contribution in [-0.2, 0) is 18.6 Å². The first kappa shape index (κ1) is 20.3. The van der Waals surface area contributed by atoms with Gasteiger partial charge in [-0.1, -0.05) is 29.2 Å². The molecule has 0 saturated carbocycles. The highest BCUT2D eigenvalue weighted by Crippen LogP contribution is 2.31. The number of nitrogens with zero attached hydrogens (tertiary/aromatic N) is 4. The van der Waals surface area contributed by atoms with Gasteiger partial charge in [0, 0.05) is 28.0 Å². The van der Waals surface area contributed by atoms with E-state index in [1.54, 1.807) is 23.1 Å². The molecule has 0 spiro atoms. The fourth-order valence-corrected chi connectivity index (χ4v) is 5.97. The summed E-state index contributed by atoms with van der Waals surface area (Å²) < 4.78 is 29.3. The molecule has 0 fully saturated rings. The summed E-state index contributed by atoms with van der Waals surface area (Å²) in [7, 11) is 0. The lowest BCUT2D eigenvalue weighted by Crippen LogP contribution is -2.15. The number of carbonyl (C=O) groups is 1. The number of amides is 1. The molecule has 3 aromatic heterocycles. The van der Waals surface area contributed by atoms with Gasteiger partial charge in [0.2, 0.25) is 5.13 Å². The van der Waals surface area contributed by atoms with Gasteiger partial charge in [-0.2, -0.15) is 5.10 Å². The van der Waals surface area contributed by atoms with Gasteiger partial charge in [0.15, 0.2) is 21.7 Å². The van der Waals surface area contributed by atoms with Crippen LogP contribution in [0.4, 0.5) is 13.9 Å². The van der Waals surface area contributed by atoms with Crippen LogP contribution in [0.5, 0.6) is 0 Å². The van der Waals surface area contributed by atoms with Gasteiger partial charge in [-0.25, -0.2) is 13.5 Å². The van der Waals surface area contributed by atoms with Crippen molar-refractivity contribution in [1.82, 2.24) is 20.0 Å². The van der Waals surface area contributed by atoms with E-state index in [2.05, 4.69) is 26.7 Å². The molecular weight excluding hydrogens is 460 g/mol.